The molecule has 0 radical (unpaired) electrons. The summed E-state index contributed by atoms with van der Waals surface area (Å²) < 4.78 is 0.713. The minimum Gasteiger partial charge on any atom is -0.336 e. The van der Waals surface area contributed by atoms with Gasteiger partial charge < -0.3 is 4.98 Å². The van der Waals surface area contributed by atoms with E-state index in [4.69, 9.17) is 21.6 Å². The first-order valence-electron chi connectivity index (χ1n) is 9.12. The van der Waals surface area contributed by atoms with Gasteiger partial charge in [-0.2, -0.15) is 5.10 Å². The summed E-state index contributed by atoms with van der Waals surface area (Å²) in [5.74, 6) is 0.629. The summed E-state index contributed by atoms with van der Waals surface area (Å²) in [6.07, 6.45) is 5.29. The van der Waals surface area contributed by atoms with Crippen LogP contribution in [0.15, 0.2) is 61.1 Å². The zero-order chi connectivity index (χ0) is 20.1. The fourth-order valence-corrected chi connectivity index (χ4v) is 4.45. The normalized spacial score (nSPS) is 11.5. The molecule has 0 atom stereocenters. The Balaban J connectivity index is 1.52. The molecule has 0 fully saturated rings. The summed E-state index contributed by atoms with van der Waals surface area (Å²) in [7, 11) is 0. The molecule has 6 heterocycles. The zero-order valence-electron chi connectivity index (χ0n) is 15.3. The minimum atomic E-state index is 0.629. The van der Waals surface area contributed by atoms with E-state index >= 15 is 0 Å². The van der Waals surface area contributed by atoms with Gasteiger partial charge in [0.2, 0.25) is 0 Å². The van der Waals surface area contributed by atoms with Gasteiger partial charge in [-0.1, -0.05) is 11.6 Å². The third-order valence-corrected chi connectivity index (χ3v) is 6.03. The van der Waals surface area contributed by atoms with Gasteiger partial charge >= 0.3 is 0 Å². The van der Waals surface area contributed by atoms with Gasteiger partial charge in [0.05, 0.1) is 25.9 Å². The van der Waals surface area contributed by atoms with Crippen molar-refractivity contribution < 1.29 is 0 Å². The van der Waals surface area contributed by atoms with E-state index in [9.17, 15) is 0 Å². The second-order valence-electron chi connectivity index (χ2n) is 6.65. The molecular weight excluding hydrogens is 418 g/mol. The highest BCUT2D eigenvalue weighted by Gasteiger charge is 2.18. The number of aromatic amines is 2. The van der Waals surface area contributed by atoms with Crippen LogP contribution in [-0.2, 0) is 0 Å². The van der Waals surface area contributed by atoms with E-state index in [1.165, 1.54) is 11.3 Å². The number of nitrogens with zero attached hydrogens (tertiary/aromatic N) is 5. The highest BCUT2D eigenvalue weighted by molar-refractivity contribution is 7.19. The van der Waals surface area contributed by atoms with Crippen LogP contribution in [0, 0.1) is 0 Å². The Kier molecular flexibility index (Phi) is 3.87. The SMILES string of the molecule is Clc1ccc(-c2nccc3[nH]c(-c4n[nH]c5ccc(-c6cccnc6)nc45)nc23)s1. The number of hydrogen-bond acceptors (Lipinski definition) is 6. The molecule has 6 aromatic rings. The molecule has 6 aromatic heterocycles. The van der Waals surface area contributed by atoms with E-state index in [1.54, 1.807) is 18.6 Å². The van der Waals surface area contributed by atoms with E-state index in [2.05, 4.69) is 25.1 Å². The molecule has 9 heteroatoms. The molecule has 0 saturated carbocycles. The summed E-state index contributed by atoms with van der Waals surface area (Å²) in [6.45, 7) is 0. The molecular formula is C21H12ClN7S. The molecule has 0 bridgehead atoms. The number of aromatic nitrogens is 7. The predicted molar refractivity (Wildman–Crippen MR) is 118 cm³/mol. The van der Waals surface area contributed by atoms with Crippen molar-refractivity contribution >= 4 is 45.0 Å². The van der Waals surface area contributed by atoms with Crippen molar-refractivity contribution in [2.24, 2.45) is 0 Å². The number of fused-ring (bicyclic) bond motifs is 2. The molecule has 0 aliphatic rings. The Hall–Kier alpha value is -3.62. The maximum absolute atomic E-state index is 6.11. The molecule has 0 saturated heterocycles. The molecule has 0 unspecified atom stereocenters. The first kappa shape index (κ1) is 17.3. The van der Waals surface area contributed by atoms with Gasteiger partial charge in [0.25, 0.3) is 0 Å². The van der Waals surface area contributed by atoms with Crippen LogP contribution in [-0.4, -0.2) is 35.1 Å². The fourth-order valence-electron chi connectivity index (χ4n) is 3.41. The Bertz CT molecular complexity index is 1520. The Morgan fingerprint density at radius 1 is 0.867 bits per heavy atom. The molecule has 0 amide bonds. The monoisotopic (exact) mass is 429 g/mol. The number of halogens is 1. The highest BCUT2D eigenvalue weighted by Crippen LogP contribution is 2.34. The summed E-state index contributed by atoms with van der Waals surface area (Å²) in [4.78, 5) is 22.6. The fraction of sp³-hybridized carbons (Fsp3) is 0. The summed E-state index contributed by atoms with van der Waals surface area (Å²) >= 11 is 7.59. The van der Waals surface area contributed by atoms with E-state index < -0.39 is 0 Å². The minimum absolute atomic E-state index is 0.629. The van der Waals surface area contributed by atoms with E-state index in [1.807, 2.05) is 42.5 Å². The molecule has 7 nitrogen and oxygen atoms in total. The van der Waals surface area contributed by atoms with Gasteiger partial charge in [-0.05, 0) is 42.5 Å². The topological polar surface area (TPSA) is 96.0 Å². The van der Waals surface area contributed by atoms with E-state index in [-0.39, 0.29) is 0 Å². The van der Waals surface area contributed by atoms with Gasteiger partial charge in [0.15, 0.2) is 11.5 Å². The number of hydrogen-bond donors (Lipinski definition) is 2. The van der Waals surface area contributed by atoms with Crippen LogP contribution in [0.2, 0.25) is 4.34 Å². The first-order chi connectivity index (χ1) is 14.8. The lowest BCUT2D eigenvalue weighted by molar-refractivity contribution is 1.10. The summed E-state index contributed by atoms with van der Waals surface area (Å²) in [5.41, 5.74) is 6.43. The van der Waals surface area contributed by atoms with E-state index in [0.29, 0.717) is 15.9 Å². The average Bonchev–Trinajstić information content (AvgIpc) is 3.51. The van der Waals surface area contributed by atoms with Crippen molar-refractivity contribution in [1.29, 1.82) is 0 Å². The molecule has 0 aliphatic heterocycles. The molecule has 0 spiro atoms. The Labute approximate surface area is 178 Å². The second kappa shape index (κ2) is 6.72. The third-order valence-electron chi connectivity index (χ3n) is 4.80. The van der Waals surface area contributed by atoms with Gasteiger partial charge in [-0.25, -0.2) is 9.97 Å². The lowest BCUT2D eigenvalue weighted by atomic mass is 10.2. The van der Waals surface area contributed by atoms with Crippen molar-refractivity contribution in [2.45, 2.75) is 0 Å². The number of rotatable bonds is 3. The van der Waals surface area contributed by atoms with Gasteiger partial charge in [0.1, 0.15) is 16.7 Å². The molecule has 30 heavy (non-hydrogen) atoms. The van der Waals surface area contributed by atoms with E-state index in [0.717, 1.165) is 43.9 Å². The standard InChI is InChI=1S/C21H12ClN7S/c22-16-6-5-15(30-16)19-17-13(7-9-24-19)26-21(27-17)20-18-14(28-29-20)4-3-12(25-18)11-2-1-8-23-10-11/h1-10H,(H,26,27)(H,28,29). The second-order valence-corrected chi connectivity index (χ2v) is 8.37. The van der Waals surface area contributed by atoms with Crippen LogP contribution in [0.1, 0.15) is 0 Å². The van der Waals surface area contributed by atoms with Crippen LogP contribution in [0.25, 0.3) is 55.4 Å². The number of thiophene rings is 1. The maximum Gasteiger partial charge on any atom is 0.161 e. The molecule has 6 rings (SSSR count). The molecule has 2 N–H and O–H groups in total. The number of nitrogens with one attached hydrogen (secondary N) is 2. The smallest absolute Gasteiger partial charge is 0.161 e. The van der Waals surface area contributed by atoms with Gasteiger partial charge in [-0.3, -0.25) is 15.1 Å². The van der Waals surface area contributed by atoms with Gasteiger partial charge in [0, 0.05) is 24.2 Å². The summed E-state index contributed by atoms with van der Waals surface area (Å²) in [6, 6.07) is 13.5. The van der Waals surface area contributed by atoms with Crippen molar-refractivity contribution in [1.82, 2.24) is 35.1 Å². The van der Waals surface area contributed by atoms with Gasteiger partial charge in [-0.15, -0.1) is 11.3 Å². The quantitative estimate of drug-likeness (QED) is 0.395. The van der Waals surface area contributed by atoms with Crippen LogP contribution in [0.5, 0.6) is 0 Å². The lowest BCUT2D eigenvalue weighted by Crippen LogP contribution is -1.87. The largest absolute Gasteiger partial charge is 0.336 e. The zero-order valence-corrected chi connectivity index (χ0v) is 16.9. The number of H-pyrrole nitrogens is 2. The summed E-state index contributed by atoms with van der Waals surface area (Å²) in [5, 5.41) is 7.51. The third kappa shape index (κ3) is 2.77. The average molecular weight is 430 g/mol. The van der Waals surface area contributed by atoms with Crippen molar-refractivity contribution in [2.75, 3.05) is 0 Å². The highest BCUT2D eigenvalue weighted by atomic mass is 35.5. The van der Waals surface area contributed by atoms with Crippen molar-refractivity contribution in [3.8, 4) is 33.3 Å². The maximum atomic E-state index is 6.11. The van der Waals surface area contributed by atoms with Crippen LogP contribution in [0.3, 0.4) is 0 Å². The Morgan fingerprint density at radius 3 is 2.63 bits per heavy atom. The number of pyridine rings is 3. The lowest BCUT2D eigenvalue weighted by Gasteiger charge is -2.00. The van der Waals surface area contributed by atoms with Crippen molar-refractivity contribution in [3.63, 3.8) is 0 Å². The van der Waals surface area contributed by atoms with Crippen LogP contribution >= 0.6 is 22.9 Å². The van der Waals surface area contributed by atoms with Crippen LogP contribution in [0.4, 0.5) is 0 Å². The molecule has 144 valence electrons. The molecule has 0 aromatic carbocycles. The molecule has 0 aliphatic carbocycles. The predicted octanol–water partition coefficient (Wildman–Crippen LogP) is 5.34. The van der Waals surface area contributed by atoms with Crippen molar-refractivity contribution in [3.05, 3.63) is 65.4 Å². The first-order valence-corrected chi connectivity index (χ1v) is 10.3. The Morgan fingerprint density at radius 2 is 1.80 bits per heavy atom. The number of imidazole rings is 1. The van der Waals surface area contributed by atoms with Crippen LogP contribution < -0.4 is 0 Å².